The van der Waals surface area contributed by atoms with Crippen molar-refractivity contribution < 1.29 is 0 Å². The third kappa shape index (κ3) is 5.23. The van der Waals surface area contributed by atoms with Crippen LogP contribution in [0.5, 0.6) is 0 Å². The molecule has 0 radical (unpaired) electrons. The van der Waals surface area contributed by atoms with Crippen LogP contribution in [0.15, 0.2) is 54.7 Å². The van der Waals surface area contributed by atoms with E-state index >= 15 is 0 Å². The highest BCUT2D eigenvalue weighted by Crippen LogP contribution is 2.44. The molecule has 2 N–H and O–H groups in total. The summed E-state index contributed by atoms with van der Waals surface area (Å²) in [4.78, 5) is 16.5. The van der Waals surface area contributed by atoms with Crippen LogP contribution in [0.2, 0.25) is 0 Å². The molecule has 1 unspecified atom stereocenters. The molecule has 8 heteroatoms. The minimum Gasteiger partial charge on any atom is -0.368 e. The number of likely N-dealkylation sites (tertiary alicyclic amines) is 1. The number of nitrogen functional groups attached to an aromatic ring is 1. The molecule has 1 saturated carbocycles. The Morgan fingerprint density at radius 2 is 1.76 bits per heavy atom. The Kier molecular flexibility index (Phi) is 6.37. The van der Waals surface area contributed by atoms with Crippen LogP contribution < -0.4 is 5.73 Å². The molecule has 6 rings (SSSR count). The lowest BCUT2D eigenvalue weighted by atomic mass is 10.0. The van der Waals surface area contributed by atoms with Gasteiger partial charge in [0.1, 0.15) is 5.69 Å². The highest BCUT2D eigenvalue weighted by Gasteiger charge is 2.37. The first-order valence-electron chi connectivity index (χ1n) is 13.0. The van der Waals surface area contributed by atoms with Crippen LogP contribution in [-0.2, 0) is 6.54 Å². The predicted molar refractivity (Wildman–Crippen MR) is 143 cm³/mol. The van der Waals surface area contributed by atoms with E-state index in [1.54, 1.807) is 4.68 Å². The molecular formula is C29H30N8. The van der Waals surface area contributed by atoms with Gasteiger partial charge in [-0.25, -0.2) is 14.6 Å². The van der Waals surface area contributed by atoms with Crippen molar-refractivity contribution in [3.63, 3.8) is 0 Å². The van der Waals surface area contributed by atoms with E-state index in [4.69, 9.17) is 17.1 Å². The van der Waals surface area contributed by atoms with E-state index in [2.05, 4.69) is 49.3 Å². The third-order valence-corrected chi connectivity index (χ3v) is 7.18. The van der Waals surface area contributed by atoms with Crippen molar-refractivity contribution in [1.29, 1.82) is 0 Å². The van der Waals surface area contributed by atoms with Crippen molar-refractivity contribution in [3.8, 4) is 35.0 Å². The summed E-state index contributed by atoms with van der Waals surface area (Å²) in [6, 6.07) is 16.3. The van der Waals surface area contributed by atoms with Gasteiger partial charge in [-0.15, -0.1) is 11.5 Å². The van der Waals surface area contributed by atoms with Gasteiger partial charge in [0, 0.05) is 11.1 Å². The summed E-state index contributed by atoms with van der Waals surface area (Å²) in [5, 5.41) is 8.71. The number of rotatable bonds is 7. The molecule has 2 aliphatic rings. The highest BCUT2D eigenvalue weighted by atomic mass is 15.4. The third-order valence-electron chi connectivity index (χ3n) is 7.18. The maximum atomic E-state index is 6.04. The van der Waals surface area contributed by atoms with Crippen molar-refractivity contribution >= 4 is 5.95 Å². The number of aromatic nitrogens is 6. The Hall–Kier alpha value is -4.09. The Morgan fingerprint density at radius 1 is 0.946 bits per heavy atom. The monoisotopic (exact) mass is 490 g/mol. The van der Waals surface area contributed by atoms with E-state index in [1.807, 2.05) is 36.5 Å². The van der Waals surface area contributed by atoms with E-state index in [0.29, 0.717) is 29.7 Å². The van der Waals surface area contributed by atoms with E-state index < -0.39 is 0 Å². The van der Waals surface area contributed by atoms with Crippen molar-refractivity contribution in [2.75, 3.05) is 18.8 Å². The van der Waals surface area contributed by atoms with E-state index in [9.17, 15) is 0 Å². The average Bonchev–Trinajstić information content (AvgIpc) is 3.65. The Balaban J connectivity index is 1.23. The fourth-order valence-corrected chi connectivity index (χ4v) is 5.26. The number of nitrogens with zero attached hydrogens (tertiary/aromatic N) is 7. The average molecular weight is 491 g/mol. The van der Waals surface area contributed by atoms with Crippen molar-refractivity contribution in [2.24, 2.45) is 5.92 Å². The molecule has 1 aromatic carbocycles. The lowest BCUT2D eigenvalue weighted by molar-refractivity contribution is 0.143. The molecule has 1 atom stereocenters. The predicted octanol–water partition coefficient (Wildman–Crippen LogP) is 4.35. The van der Waals surface area contributed by atoms with Crippen molar-refractivity contribution in [3.05, 3.63) is 71.7 Å². The van der Waals surface area contributed by atoms with Crippen LogP contribution in [0.4, 0.5) is 5.95 Å². The minimum absolute atomic E-state index is 0.173. The molecule has 0 bridgehead atoms. The first-order chi connectivity index (χ1) is 18.2. The van der Waals surface area contributed by atoms with Gasteiger partial charge in [-0.1, -0.05) is 35.8 Å². The van der Waals surface area contributed by atoms with Gasteiger partial charge in [-0.05, 0) is 75.0 Å². The van der Waals surface area contributed by atoms with Crippen LogP contribution in [0.3, 0.4) is 0 Å². The van der Waals surface area contributed by atoms with Gasteiger partial charge >= 0.3 is 0 Å². The Labute approximate surface area is 217 Å². The Bertz CT molecular complexity index is 1440. The second-order valence-electron chi connectivity index (χ2n) is 9.96. The zero-order valence-corrected chi connectivity index (χ0v) is 20.8. The smallest absolute Gasteiger partial charge is 0.221 e. The number of piperidine rings is 1. The van der Waals surface area contributed by atoms with Crippen LogP contribution in [-0.4, -0.2) is 47.9 Å². The van der Waals surface area contributed by atoms with Crippen LogP contribution in [0.1, 0.15) is 55.1 Å². The highest BCUT2D eigenvalue weighted by molar-refractivity contribution is 5.68. The molecule has 0 spiro atoms. The number of benzene rings is 1. The van der Waals surface area contributed by atoms with Gasteiger partial charge in [0.2, 0.25) is 5.95 Å². The second-order valence-corrected chi connectivity index (χ2v) is 9.96. The molecule has 4 aromatic rings. The molecule has 0 amide bonds. The van der Waals surface area contributed by atoms with Gasteiger partial charge < -0.3 is 5.73 Å². The maximum Gasteiger partial charge on any atom is 0.221 e. The van der Waals surface area contributed by atoms with Gasteiger partial charge in [-0.3, -0.25) is 9.88 Å². The maximum absolute atomic E-state index is 6.04. The lowest BCUT2D eigenvalue weighted by Crippen LogP contribution is -2.35. The van der Waals surface area contributed by atoms with Gasteiger partial charge in [0.15, 0.2) is 0 Å². The minimum atomic E-state index is 0.173. The fourth-order valence-electron chi connectivity index (χ4n) is 5.26. The van der Waals surface area contributed by atoms with Crippen molar-refractivity contribution in [2.45, 2.75) is 44.7 Å². The second kappa shape index (κ2) is 10.1. The number of pyridine rings is 1. The molecule has 186 valence electrons. The topological polar surface area (TPSA) is 98.6 Å². The lowest BCUT2D eigenvalue weighted by Gasteiger charge is -2.34. The summed E-state index contributed by atoms with van der Waals surface area (Å²) in [6.45, 7) is 2.89. The first kappa shape index (κ1) is 23.3. The molecule has 8 nitrogen and oxygen atoms in total. The SMILES string of the molecule is C#Cc1cccc(-c2cc(-c3cn(Cc4cccc(C(C5CC5)N5CCCCC5)n4)nn3)nc(N)n2)c1. The zero-order chi connectivity index (χ0) is 25.2. The summed E-state index contributed by atoms with van der Waals surface area (Å²) in [7, 11) is 0. The number of hydrogen-bond acceptors (Lipinski definition) is 7. The standard InChI is InChI=1S/C29H30N8/c1-2-20-8-6-9-22(16-20)25-17-26(33-29(30)32-25)27-19-37(35-34-27)18-23-10-7-11-24(31-23)28(21-12-13-21)36-14-4-3-5-15-36/h1,6-11,16-17,19,21,28H,3-5,12-15,18H2,(H2,30,32,33). The van der Waals surface area contributed by atoms with E-state index in [-0.39, 0.29) is 5.95 Å². The molecular weight excluding hydrogens is 460 g/mol. The van der Waals surface area contributed by atoms with Crippen LogP contribution >= 0.6 is 0 Å². The number of nitrogens with two attached hydrogens (primary N) is 1. The van der Waals surface area contributed by atoms with Crippen LogP contribution in [0.25, 0.3) is 22.6 Å². The van der Waals surface area contributed by atoms with Gasteiger partial charge in [0.05, 0.1) is 41.6 Å². The summed E-state index contributed by atoms with van der Waals surface area (Å²) >= 11 is 0. The molecule has 1 aliphatic heterocycles. The summed E-state index contributed by atoms with van der Waals surface area (Å²) < 4.78 is 1.80. The fraction of sp³-hybridized carbons (Fsp3) is 0.345. The van der Waals surface area contributed by atoms with E-state index in [0.717, 1.165) is 22.7 Å². The summed E-state index contributed by atoms with van der Waals surface area (Å²) in [5.74, 6) is 3.56. The molecule has 1 aliphatic carbocycles. The van der Waals surface area contributed by atoms with Gasteiger partial charge in [0.25, 0.3) is 0 Å². The van der Waals surface area contributed by atoms with E-state index in [1.165, 1.54) is 50.9 Å². The molecule has 1 saturated heterocycles. The largest absolute Gasteiger partial charge is 0.368 e. The van der Waals surface area contributed by atoms with Crippen molar-refractivity contribution in [1.82, 2.24) is 34.8 Å². The number of hydrogen-bond donors (Lipinski definition) is 1. The molecule has 37 heavy (non-hydrogen) atoms. The normalized spacial score (nSPS) is 16.8. The number of terminal acetylenes is 1. The summed E-state index contributed by atoms with van der Waals surface area (Å²) in [5.41, 5.74) is 11.8. The Morgan fingerprint density at radius 3 is 2.57 bits per heavy atom. The molecule has 2 fully saturated rings. The van der Waals surface area contributed by atoms with Crippen LogP contribution in [0, 0.1) is 18.3 Å². The number of anilines is 1. The summed E-state index contributed by atoms with van der Waals surface area (Å²) in [6.07, 6.45) is 14.0. The quantitative estimate of drug-likeness (QED) is 0.385. The molecule has 3 aromatic heterocycles. The van der Waals surface area contributed by atoms with Gasteiger partial charge in [-0.2, -0.15) is 0 Å². The molecule has 4 heterocycles. The first-order valence-corrected chi connectivity index (χ1v) is 13.0. The zero-order valence-electron chi connectivity index (χ0n) is 20.8.